The van der Waals surface area contributed by atoms with Crippen molar-refractivity contribution in [1.82, 2.24) is 5.32 Å². The highest BCUT2D eigenvalue weighted by Gasteiger charge is 2.22. The molecule has 1 saturated carbocycles. The molecule has 0 saturated heterocycles. The second-order valence-electron chi connectivity index (χ2n) is 5.61. The van der Waals surface area contributed by atoms with Gasteiger partial charge in [-0.15, -0.1) is 0 Å². The average molecular weight is 312 g/mol. The molecule has 2 N–H and O–H groups in total. The molecule has 2 atom stereocenters. The number of hydrogen-bond acceptors (Lipinski definition) is 3. The first kappa shape index (κ1) is 16.1. The van der Waals surface area contributed by atoms with Crippen molar-refractivity contribution in [3.8, 4) is 5.75 Å². The lowest BCUT2D eigenvalue weighted by Crippen LogP contribution is -2.41. The van der Waals surface area contributed by atoms with Crippen LogP contribution in [-0.4, -0.2) is 23.2 Å². The van der Waals surface area contributed by atoms with Gasteiger partial charge in [-0.2, -0.15) is 0 Å². The van der Waals surface area contributed by atoms with Gasteiger partial charge in [-0.3, -0.25) is 4.79 Å². The van der Waals surface area contributed by atoms with Crippen molar-refractivity contribution in [3.05, 3.63) is 28.8 Å². The molecule has 1 aromatic rings. The zero-order valence-corrected chi connectivity index (χ0v) is 13.2. The number of ether oxygens (including phenoxy) is 1. The normalized spacial score (nSPS) is 18.3. The fourth-order valence-corrected chi connectivity index (χ4v) is 2.77. The second kappa shape index (κ2) is 7.14. The number of benzene rings is 1. The Kier molecular flexibility index (Phi) is 5.48. The maximum absolute atomic E-state index is 12.1. The summed E-state index contributed by atoms with van der Waals surface area (Å²) in [5.74, 6) is 0.372. The molecule has 0 aromatic heterocycles. The number of aliphatic hydroxyl groups excluding tert-OH is 1. The van der Waals surface area contributed by atoms with E-state index in [0.29, 0.717) is 16.3 Å². The van der Waals surface area contributed by atoms with Crippen LogP contribution in [0.4, 0.5) is 0 Å². The van der Waals surface area contributed by atoms with E-state index in [1.54, 1.807) is 32.0 Å². The summed E-state index contributed by atoms with van der Waals surface area (Å²) in [4.78, 5) is 12.1. The molecule has 0 spiro atoms. The predicted molar refractivity (Wildman–Crippen MR) is 82.6 cm³/mol. The third kappa shape index (κ3) is 4.35. The highest BCUT2D eigenvalue weighted by molar-refractivity contribution is 6.30. The van der Waals surface area contributed by atoms with Gasteiger partial charge in [-0.05, 0) is 44.9 Å². The highest BCUT2D eigenvalue weighted by atomic mass is 35.5. The lowest BCUT2D eigenvalue weighted by Gasteiger charge is -2.20. The lowest BCUT2D eigenvalue weighted by atomic mass is 10.1. The zero-order valence-electron chi connectivity index (χ0n) is 12.4. The number of carbonyl (C=O) groups is 1. The van der Waals surface area contributed by atoms with E-state index < -0.39 is 12.2 Å². The van der Waals surface area contributed by atoms with Crippen molar-refractivity contribution >= 4 is 17.5 Å². The molecular weight excluding hydrogens is 290 g/mol. The Bertz CT molecular complexity index is 498. The van der Waals surface area contributed by atoms with Crippen molar-refractivity contribution in [3.63, 3.8) is 0 Å². The quantitative estimate of drug-likeness (QED) is 0.878. The maximum atomic E-state index is 12.1. The van der Waals surface area contributed by atoms with Gasteiger partial charge in [0.05, 0.1) is 6.10 Å². The molecule has 0 aliphatic heterocycles. The zero-order chi connectivity index (χ0) is 15.4. The number of rotatable bonds is 5. The molecule has 0 bridgehead atoms. The molecule has 21 heavy (non-hydrogen) atoms. The predicted octanol–water partition coefficient (Wildman–Crippen LogP) is 3.22. The van der Waals surface area contributed by atoms with Crippen LogP contribution >= 0.6 is 11.6 Å². The first-order chi connectivity index (χ1) is 9.97. The topological polar surface area (TPSA) is 58.6 Å². The van der Waals surface area contributed by atoms with Crippen LogP contribution in [0.1, 0.15) is 51.2 Å². The molecule has 5 heteroatoms. The number of halogens is 1. The van der Waals surface area contributed by atoms with E-state index in [1.807, 2.05) is 0 Å². The summed E-state index contributed by atoms with van der Waals surface area (Å²) >= 11 is 5.93. The summed E-state index contributed by atoms with van der Waals surface area (Å²) in [6.07, 6.45) is 3.11. The minimum absolute atomic E-state index is 0.117. The van der Waals surface area contributed by atoms with Crippen LogP contribution in [-0.2, 0) is 4.79 Å². The molecule has 2 rings (SSSR count). The van der Waals surface area contributed by atoms with E-state index in [0.717, 1.165) is 12.8 Å². The third-order valence-electron chi connectivity index (χ3n) is 3.80. The molecule has 1 aliphatic rings. The van der Waals surface area contributed by atoms with Crippen molar-refractivity contribution < 1.29 is 14.6 Å². The van der Waals surface area contributed by atoms with Crippen molar-refractivity contribution in [2.75, 3.05) is 0 Å². The molecular formula is C16H22ClNO3. The van der Waals surface area contributed by atoms with Gasteiger partial charge in [0, 0.05) is 16.6 Å². The summed E-state index contributed by atoms with van der Waals surface area (Å²) in [5, 5.41) is 13.3. The number of carbonyl (C=O) groups excluding carboxylic acids is 1. The standard InChI is InChI=1S/C16H22ClNO3/c1-10(19)14-9-12(17)7-8-15(14)21-11(2)16(20)18-13-5-3-4-6-13/h7-11,13,19H,3-6H2,1-2H3,(H,18,20). The molecule has 0 radical (unpaired) electrons. The van der Waals surface area contributed by atoms with E-state index in [1.165, 1.54) is 12.8 Å². The molecule has 116 valence electrons. The van der Waals surface area contributed by atoms with E-state index >= 15 is 0 Å². The molecule has 1 fully saturated rings. The Balaban J connectivity index is 2.01. The SMILES string of the molecule is CC(Oc1ccc(Cl)cc1C(C)O)C(=O)NC1CCCC1. The average Bonchev–Trinajstić information content (AvgIpc) is 2.93. The van der Waals surface area contributed by atoms with Gasteiger partial charge in [-0.25, -0.2) is 0 Å². The summed E-state index contributed by atoms with van der Waals surface area (Å²) in [5.41, 5.74) is 0.586. The summed E-state index contributed by atoms with van der Waals surface area (Å²) in [7, 11) is 0. The smallest absolute Gasteiger partial charge is 0.260 e. The van der Waals surface area contributed by atoms with Crippen LogP contribution in [0, 0.1) is 0 Å². The van der Waals surface area contributed by atoms with Crippen molar-refractivity contribution in [2.24, 2.45) is 0 Å². The first-order valence-electron chi connectivity index (χ1n) is 7.42. The minimum atomic E-state index is -0.705. The van der Waals surface area contributed by atoms with Crippen molar-refractivity contribution in [2.45, 2.75) is 57.8 Å². The van der Waals surface area contributed by atoms with Crippen LogP contribution in [0.2, 0.25) is 5.02 Å². The summed E-state index contributed by atoms with van der Waals surface area (Å²) < 4.78 is 5.70. The van der Waals surface area contributed by atoms with Crippen LogP contribution in [0.15, 0.2) is 18.2 Å². The van der Waals surface area contributed by atoms with Gasteiger partial charge >= 0.3 is 0 Å². The van der Waals surface area contributed by atoms with E-state index in [4.69, 9.17) is 16.3 Å². The summed E-state index contributed by atoms with van der Waals surface area (Å²) in [6.45, 7) is 3.35. The molecule has 1 aliphatic carbocycles. The number of amides is 1. The van der Waals surface area contributed by atoms with Gasteiger partial charge in [0.15, 0.2) is 6.10 Å². The fourth-order valence-electron chi connectivity index (χ4n) is 2.59. The Morgan fingerprint density at radius 2 is 2.05 bits per heavy atom. The highest BCUT2D eigenvalue weighted by Crippen LogP contribution is 2.29. The Morgan fingerprint density at radius 3 is 2.67 bits per heavy atom. The van der Waals surface area contributed by atoms with Crippen LogP contribution < -0.4 is 10.1 Å². The molecule has 0 heterocycles. The maximum Gasteiger partial charge on any atom is 0.260 e. The number of nitrogens with one attached hydrogen (secondary N) is 1. The Labute approximate surface area is 130 Å². The van der Waals surface area contributed by atoms with E-state index in [9.17, 15) is 9.90 Å². The largest absolute Gasteiger partial charge is 0.481 e. The number of aliphatic hydroxyl groups is 1. The minimum Gasteiger partial charge on any atom is -0.481 e. The number of hydrogen-bond donors (Lipinski definition) is 2. The van der Waals surface area contributed by atoms with Crippen LogP contribution in [0.25, 0.3) is 0 Å². The molecule has 1 aromatic carbocycles. The lowest BCUT2D eigenvalue weighted by molar-refractivity contribution is -0.128. The van der Waals surface area contributed by atoms with Crippen LogP contribution in [0.5, 0.6) is 5.75 Å². The van der Waals surface area contributed by atoms with E-state index in [-0.39, 0.29) is 11.9 Å². The van der Waals surface area contributed by atoms with Gasteiger partial charge in [-0.1, -0.05) is 24.4 Å². The van der Waals surface area contributed by atoms with E-state index in [2.05, 4.69) is 5.32 Å². The molecule has 4 nitrogen and oxygen atoms in total. The molecule has 1 amide bonds. The fraction of sp³-hybridized carbons (Fsp3) is 0.562. The Hall–Kier alpha value is -1.26. The van der Waals surface area contributed by atoms with Crippen LogP contribution in [0.3, 0.4) is 0 Å². The summed E-state index contributed by atoms with van der Waals surface area (Å²) in [6, 6.07) is 5.29. The van der Waals surface area contributed by atoms with Crippen molar-refractivity contribution in [1.29, 1.82) is 0 Å². The second-order valence-corrected chi connectivity index (χ2v) is 6.04. The third-order valence-corrected chi connectivity index (χ3v) is 4.03. The van der Waals surface area contributed by atoms with Gasteiger partial charge < -0.3 is 15.2 Å². The van der Waals surface area contributed by atoms with Gasteiger partial charge in [0.1, 0.15) is 5.75 Å². The first-order valence-corrected chi connectivity index (χ1v) is 7.79. The molecule has 2 unspecified atom stereocenters. The Morgan fingerprint density at radius 1 is 1.38 bits per heavy atom. The van der Waals surface area contributed by atoms with Gasteiger partial charge in [0.2, 0.25) is 0 Å². The van der Waals surface area contributed by atoms with Gasteiger partial charge in [0.25, 0.3) is 5.91 Å². The monoisotopic (exact) mass is 311 g/mol.